The number of para-hydroxylation sites is 1. The van der Waals surface area contributed by atoms with E-state index in [9.17, 15) is 9.59 Å². The van der Waals surface area contributed by atoms with Crippen LogP contribution in [0.4, 0.5) is 0 Å². The molecule has 32 heavy (non-hydrogen) atoms. The summed E-state index contributed by atoms with van der Waals surface area (Å²) in [7, 11) is 0. The molecular formula is C25H34N2O5. The number of amides is 2. The molecule has 0 aliphatic heterocycles. The fraction of sp³-hybridized carbons (Fsp3) is 0.440. The molecule has 1 unspecified atom stereocenters. The average molecular weight is 443 g/mol. The molecule has 2 amide bonds. The smallest absolute Gasteiger partial charge is 0.258 e. The van der Waals surface area contributed by atoms with Gasteiger partial charge in [0.1, 0.15) is 11.8 Å². The van der Waals surface area contributed by atoms with Crippen molar-refractivity contribution in [1.29, 1.82) is 0 Å². The van der Waals surface area contributed by atoms with Gasteiger partial charge < -0.3 is 24.8 Å². The van der Waals surface area contributed by atoms with E-state index in [4.69, 9.17) is 14.2 Å². The summed E-state index contributed by atoms with van der Waals surface area (Å²) in [4.78, 5) is 25.3. The molecule has 2 N–H and O–H groups in total. The lowest BCUT2D eigenvalue weighted by Crippen LogP contribution is -2.51. The van der Waals surface area contributed by atoms with E-state index in [1.165, 1.54) is 0 Å². The van der Waals surface area contributed by atoms with Crippen molar-refractivity contribution in [2.75, 3.05) is 19.8 Å². The minimum absolute atomic E-state index is 0.0952. The maximum Gasteiger partial charge on any atom is 0.258 e. The highest BCUT2D eigenvalue weighted by Gasteiger charge is 2.26. The van der Waals surface area contributed by atoms with Gasteiger partial charge in [-0.1, -0.05) is 38.1 Å². The molecule has 0 saturated heterocycles. The van der Waals surface area contributed by atoms with Crippen LogP contribution in [0.25, 0.3) is 0 Å². The van der Waals surface area contributed by atoms with Gasteiger partial charge in [-0.3, -0.25) is 9.59 Å². The largest absolute Gasteiger partial charge is 0.490 e. The van der Waals surface area contributed by atoms with E-state index in [1.807, 2.05) is 71.0 Å². The Bertz CT molecular complexity index is 870. The maximum atomic E-state index is 12.9. The van der Waals surface area contributed by atoms with Gasteiger partial charge in [0.15, 0.2) is 18.1 Å². The van der Waals surface area contributed by atoms with Crippen molar-refractivity contribution in [2.45, 2.75) is 46.7 Å². The lowest BCUT2D eigenvalue weighted by molar-refractivity contribution is -0.131. The normalized spacial score (nSPS) is 12.6. The number of rotatable bonds is 12. The van der Waals surface area contributed by atoms with Crippen molar-refractivity contribution in [2.24, 2.45) is 5.92 Å². The van der Waals surface area contributed by atoms with Crippen molar-refractivity contribution in [1.82, 2.24) is 10.6 Å². The third kappa shape index (κ3) is 7.48. The van der Waals surface area contributed by atoms with E-state index in [0.29, 0.717) is 30.5 Å². The van der Waals surface area contributed by atoms with Crippen LogP contribution in [0.15, 0.2) is 48.5 Å². The minimum Gasteiger partial charge on any atom is -0.490 e. The van der Waals surface area contributed by atoms with Crippen LogP contribution in [0.5, 0.6) is 17.2 Å². The number of ether oxygens (including phenoxy) is 3. The van der Waals surface area contributed by atoms with Gasteiger partial charge >= 0.3 is 0 Å². The Morgan fingerprint density at radius 3 is 2.12 bits per heavy atom. The quantitative estimate of drug-likeness (QED) is 0.521. The van der Waals surface area contributed by atoms with Crippen molar-refractivity contribution in [3.63, 3.8) is 0 Å². The average Bonchev–Trinajstić information content (AvgIpc) is 2.77. The molecule has 174 valence electrons. The van der Waals surface area contributed by atoms with Gasteiger partial charge in [0.2, 0.25) is 5.91 Å². The van der Waals surface area contributed by atoms with E-state index in [1.54, 1.807) is 12.1 Å². The number of carbonyl (C=O) groups excluding carboxylic acids is 2. The minimum atomic E-state index is -0.682. The molecule has 2 rings (SSSR count). The van der Waals surface area contributed by atoms with Crippen LogP contribution in [0, 0.1) is 5.92 Å². The highest BCUT2D eigenvalue weighted by atomic mass is 16.5. The zero-order valence-corrected chi connectivity index (χ0v) is 19.5. The van der Waals surface area contributed by atoms with Gasteiger partial charge in [0, 0.05) is 0 Å². The highest BCUT2D eigenvalue weighted by molar-refractivity contribution is 5.88. The molecule has 0 saturated carbocycles. The first-order chi connectivity index (χ1) is 15.3. The second kappa shape index (κ2) is 12.6. The summed E-state index contributed by atoms with van der Waals surface area (Å²) in [5, 5.41) is 5.77. The molecule has 0 aliphatic carbocycles. The summed E-state index contributed by atoms with van der Waals surface area (Å²) in [6, 6.07) is 13.7. The number of hydrogen-bond acceptors (Lipinski definition) is 5. The lowest BCUT2D eigenvalue weighted by atomic mass is 10.0. The Balaban J connectivity index is 2.00. The van der Waals surface area contributed by atoms with E-state index >= 15 is 0 Å². The molecule has 7 heteroatoms. The summed E-state index contributed by atoms with van der Waals surface area (Å²) in [6.45, 7) is 10.4. The fourth-order valence-corrected chi connectivity index (χ4v) is 3.14. The standard InChI is InChI=1S/C25H34N2O5/c1-6-30-21-14-13-19(15-22(21)31-7-2)18(5)26-25(29)24(17(3)4)27-23(28)16-32-20-11-9-8-10-12-20/h8-15,17-18,24H,6-7,16H2,1-5H3,(H,26,29)(H,27,28)/t18?,24-/m0/s1. The van der Waals surface area contributed by atoms with Crippen LogP contribution in [0.1, 0.15) is 46.2 Å². The number of carbonyl (C=O) groups is 2. The first kappa shape index (κ1) is 25.0. The Morgan fingerprint density at radius 2 is 1.50 bits per heavy atom. The predicted octanol–water partition coefficient (Wildman–Crippen LogP) is 3.88. The SMILES string of the molecule is CCOc1ccc(C(C)NC(=O)[C@@H](NC(=O)COc2ccccc2)C(C)C)cc1OCC. The Labute approximate surface area is 190 Å². The zero-order valence-electron chi connectivity index (χ0n) is 19.5. The van der Waals surface area contributed by atoms with Crippen LogP contribution in [0.2, 0.25) is 0 Å². The van der Waals surface area contributed by atoms with Gasteiger partial charge in [-0.15, -0.1) is 0 Å². The highest BCUT2D eigenvalue weighted by Crippen LogP contribution is 2.30. The maximum absolute atomic E-state index is 12.9. The molecule has 0 spiro atoms. The molecule has 0 radical (unpaired) electrons. The van der Waals surface area contributed by atoms with Crippen LogP contribution >= 0.6 is 0 Å². The molecule has 0 fully saturated rings. The summed E-state index contributed by atoms with van der Waals surface area (Å²) in [5.74, 6) is 1.20. The molecule has 0 heterocycles. The topological polar surface area (TPSA) is 85.9 Å². The zero-order chi connectivity index (χ0) is 23.5. The Morgan fingerprint density at radius 1 is 0.844 bits per heavy atom. The summed E-state index contributed by atoms with van der Waals surface area (Å²) >= 11 is 0. The van der Waals surface area contributed by atoms with E-state index in [-0.39, 0.29) is 30.4 Å². The number of nitrogens with one attached hydrogen (secondary N) is 2. The molecule has 2 aromatic carbocycles. The lowest BCUT2D eigenvalue weighted by Gasteiger charge is -2.24. The molecule has 2 aromatic rings. The fourth-order valence-electron chi connectivity index (χ4n) is 3.14. The first-order valence-corrected chi connectivity index (χ1v) is 11.0. The Kier molecular flexibility index (Phi) is 9.85. The number of benzene rings is 2. The van der Waals surface area contributed by atoms with Gasteiger partial charge in [-0.2, -0.15) is 0 Å². The number of hydrogen-bond donors (Lipinski definition) is 2. The third-order valence-electron chi connectivity index (χ3n) is 4.80. The van der Waals surface area contributed by atoms with Crippen LogP contribution in [-0.4, -0.2) is 37.7 Å². The summed E-state index contributed by atoms with van der Waals surface area (Å²) in [6.07, 6.45) is 0. The van der Waals surface area contributed by atoms with Crippen molar-refractivity contribution < 1.29 is 23.8 Å². The molecular weight excluding hydrogens is 408 g/mol. The van der Waals surface area contributed by atoms with Gasteiger partial charge in [0.25, 0.3) is 5.91 Å². The predicted molar refractivity (Wildman–Crippen MR) is 124 cm³/mol. The van der Waals surface area contributed by atoms with E-state index in [2.05, 4.69) is 10.6 Å². The summed E-state index contributed by atoms with van der Waals surface area (Å²) < 4.78 is 16.8. The molecule has 0 aliphatic rings. The van der Waals surface area contributed by atoms with Crippen molar-refractivity contribution in [3.05, 3.63) is 54.1 Å². The van der Waals surface area contributed by atoms with Crippen LogP contribution in [-0.2, 0) is 9.59 Å². The van der Waals surface area contributed by atoms with E-state index in [0.717, 1.165) is 5.56 Å². The molecule has 0 bridgehead atoms. The molecule has 2 atom stereocenters. The van der Waals surface area contributed by atoms with Crippen molar-refractivity contribution >= 4 is 11.8 Å². The monoisotopic (exact) mass is 442 g/mol. The molecule has 0 aromatic heterocycles. The van der Waals surface area contributed by atoms with Crippen LogP contribution in [0.3, 0.4) is 0 Å². The van der Waals surface area contributed by atoms with Gasteiger partial charge in [-0.05, 0) is 56.5 Å². The van der Waals surface area contributed by atoms with Crippen molar-refractivity contribution in [3.8, 4) is 17.2 Å². The van der Waals surface area contributed by atoms with Gasteiger partial charge in [-0.25, -0.2) is 0 Å². The third-order valence-corrected chi connectivity index (χ3v) is 4.80. The van der Waals surface area contributed by atoms with Crippen LogP contribution < -0.4 is 24.8 Å². The van der Waals surface area contributed by atoms with Gasteiger partial charge in [0.05, 0.1) is 19.3 Å². The second-order valence-electron chi connectivity index (χ2n) is 7.69. The Hall–Kier alpha value is -3.22. The van der Waals surface area contributed by atoms with E-state index < -0.39 is 6.04 Å². The first-order valence-electron chi connectivity index (χ1n) is 11.0. The molecule has 7 nitrogen and oxygen atoms in total. The second-order valence-corrected chi connectivity index (χ2v) is 7.69. The summed E-state index contributed by atoms with van der Waals surface area (Å²) in [5.41, 5.74) is 0.881.